The summed E-state index contributed by atoms with van der Waals surface area (Å²) in [4.78, 5) is 16.6. The van der Waals surface area contributed by atoms with Gasteiger partial charge in [0, 0.05) is 11.9 Å². The van der Waals surface area contributed by atoms with Crippen molar-refractivity contribution in [2.24, 2.45) is 5.14 Å². The summed E-state index contributed by atoms with van der Waals surface area (Å²) in [6.45, 7) is 0. The topological polar surface area (TPSA) is 133 Å². The van der Waals surface area contributed by atoms with Gasteiger partial charge in [-0.15, -0.1) is 0 Å². The molecule has 0 amide bonds. The number of methoxy groups -OCH3 is 1. The molecule has 0 aliphatic heterocycles. The van der Waals surface area contributed by atoms with Crippen LogP contribution in [0.1, 0.15) is 5.56 Å². The molecule has 0 fully saturated rings. The van der Waals surface area contributed by atoms with E-state index in [9.17, 15) is 8.42 Å². The Bertz CT molecular complexity index is 1030. The summed E-state index contributed by atoms with van der Waals surface area (Å²) in [6.07, 6.45) is 4.56. The van der Waals surface area contributed by atoms with E-state index in [1.807, 2.05) is 0 Å². The Morgan fingerprint density at radius 2 is 2.08 bits per heavy atom. The van der Waals surface area contributed by atoms with Crippen molar-refractivity contribution in [1.29, 1.82) is 0 Å². The molecule has 26 heavy (non-hydrogen) atoms. The molecule has 2 heterocycles. The minimum absolute atomic E-state index is 0.251. The van der Waals surface area contributed by atoms with Crippen molar-refractivity contribution in [3.05, 3.63) is 54.6 Å². The molecule has 3 N–H and O–H groups in total. The molecular formula is C16H16N6O3S. The minimum Gasteiger partial charge on any atom is -0.494 e. The molecule has 0 spiro atoms. The van der Waals surface area contributed by atoms with Crippen LogP contribution in [0.15, 0.2) is 49.1 Å². The van der Waals surface area contributed by atoms with Gasteiger partial charge in [-0.2, -0.15) is 4.98 Å². The van der Waals surface area contributed by atoms with Crippen LogP contribution in [-0.2, 0) is 15.8 Å². The summed E-state index contributed by atoms with van der Waals surface area (Å²) in [7, 11) is -2.07. The van der Waals surface area contributed by atoms with Crippen LogP contribution >= 0.6 is 0 Å². The smallest absolute Gasteiger partial charge is 0.230 e. The second-order valence-electron chi connectivity index (χ2n) is 5.34. The van der Waals surface area contributed by atoms with Crippen LogP contribution in [0.2, 0.25) is 0 Å². The van der Waals surface area contributed by atoms with Crippen LogP contribution in [0.25, 0.3) is 11.4 Å². The molecule has 0 unspecified atom stereocenters. The number of nitrogens with two attached hydrogens (primary N) is 1. The third-order valence-corrected chi connectivity index (χ3v) is 4.10. The van der Waals surface area contributed by atoms with E-state index in [0.717, 1.165) is 0 Å². The first-order chi connectivity index (χ1) is 12.4. The maximum absolute atomic E-state index is 11.2. The van der Waals surface area contributed by atoms with Crippen LogP contribution in [0, 0.1) is 0 Å². The predicted molar refractivity (Wildman–Crippen MR) is 96.1 cm³/mol. The van der Waals surface area contributed by atoms with E-state index >= 15 is 0 Å². The first kappa shape index (κ1) is 17.7. The van der Waals surface area contributed by atoms with E-state index < -0.39 is 10.0 Å². The van der Waals surface area contributed by atoms with E-state index in [4.69, 9.17) is 9.88 Å². The normalized spacial score (nSPS) is 11.2. The maximum Gasteiger partial charge on any atom is 0.230 e. The highest BCUT2D eigenvalue weighted by atomic mass is 32.2. The Balaban J connectivity index is 1.87. The first-order valence-electron chi connectivity index (χ1n) is 7.48. The summed E-state index contributed by atoms with van der Waals surface area (Å²) in [5, 5.41) is 8.11. The van der Waals surface area contributed by atoms with Crippen molar-refractivity contribution in [2.75, 3.05) is 12.4 Å². The summed E-state index contributed by atoms with van der Waals surface area (Å²) >= 11 is 0. The van der Waals surface area contributed by atoms with E-state index in [1.54, 1.807) is 42.7 Å². The summed E-state index contributed by atoms with van der Waals surface area (Å²) in [5.74, 6) is 1.02. The largest absolute Gasteiger partial charge is 0.494 e. The van der Waals surface area contributed by atoms with E-state index in [-0.39, 0.29) is 5.75 Å². The van der Waals surface area contributed by atoms with Gasteiger partial charge in [0.05, 0.1) is 24.6 Å². The molecular weight excluding hydrogens is 356 g/mol. The Morgan fingerprint density at radius 3 is 2.85 bits per heavy atom. The number of benzene rings is 1. The third kappa shape index (κ3) is 4.49. The lowest BCUT2D eigenvalue weighted by Crippen LogP contribution is -2.14. The number of primary sulfonamides is 1. The number of anilines is 2. The maximum atomic E-state index is 11.2. The minimum atomic E-state index is -3.61. The number of hydrogen-bond donors (Lipinski definition) is 2. The van der Waals surface area contributed by atoms with Gasteiger partial charge in [0.2, 0.25) is 16.0 Å². The van der Waals surface area contributed by atoms with Crippen molar-refractivity contribution >= 4 is 21.7 Å². The average Bonchev–Trinajstić information content (AvgIpc) is 2.61. The van der Waals surface area contributed by atoms with Crippen molar-refractivity contribution in [3.63, 3.8) is 0 Å². The highest BCUT2D eigenvalue weighted by Gasteiger charge is 2.10. The Labute approximate surface area is 150 Å². The zero-order chi connectivity index (χ0) is 18.6. The molecule has 0 aliphatic carbocycles. The van der Waals surface area contributed by atoms with Gasteiger partial charge >= 0.3 is 0 Å². The number of sulfonamides is 1. The number of nitrogens with one attached hydrogen (secondary N) is 1. The lowest BCUT2D eigenvalue weighted by Gasteiger charge is -2.09. The summed E-state index contributed by atoms with van der Waals surface area (Å²) in [5.41, 5.74) is 1.86. The van der Waals surface area contributed by atoms with Crippen molar-refractivity contribution in [1.82, 2.24) is 19.9 Å². The quantitative estimate of drug-likeness (QED) is 0.664. The number of nitrogens with zero attached hydrogens (tertiary/aromatic N) is 4. The Morgan fingerprint density at radius 1 is 1.23 bits per heavy atom. The van der Waals surface area contributed by atoms with Gasteiger partial charge in [0.1, 0.15) is 12.1 Å². The fraction of sp³-hybridized carbons (Fsp3) is 0.125. The molecule has 0 atom stereocenters. The summed E-state index contributed by atoms with van der Waals surface area (Å²) < 4.78 is 27.7. The molecule has 0 radical (unpaired) electrons. The Hall–Kier alpha value is -3.11. The number of pyridine rings is 1. The van der Waals surface area contributed by atoms with Crippen molar-refractivity contribution in [2.45, 2.75) is 5.75 Å². The molecule has 134 valence electrons. The fourth-order valence-electron chi connectivity index (χ4n) is 2.31. The summed E-state index contributed by atoms with van der Waals surface area (Å²) in [6, 6.07) is 8.57. The molecule has 10 heteroatoms. The number of ether oxygens (including phenoxy) is 1. The van der Waals surface area contributed by atoms with Gasteiger partial charge in [-0.25, -0.2) is 23.5 Å². The van der Waals surface area contributed by atoms with Gasteiger partial charge in [-0.05, 0) is 23.8 Å². The number of rotatable bonds is 6. The monoisotopic (exact) mass is 372 g/mol. The van der Waals surface area contributed by atoms with Gasteiger partial charge in [-0.1, -0.05) is 12.1 Å². The van der Waals surface area contributed by atoms with Crippen LogP contribution in [0.5, 0.6) is 5.75 Å². The third-order valence-electron chi connectivity index (χ3n) is 3.37. The average molecular weight is 372 g/mol. The molecule has 0 aliphatic rings. The van der Waals surface area contributed by atoms with Gasteiger partial charge in [0.25, 0.3) is 0 Å². The van der Waals surface area contributed by atoms with Gasteiger partial charge in [-0.3, -0.25) is 4.98 Å². The van der Waals surface area contributed by atoms with Gasteiger partial charge in [0.15, 0.2) is 5.82 Å². The first-order valence-corrected chi connectivity index (χ1v) is 9.20. The van der Waals surface area contributed by atoms with Crippen molar-refractivity contribution in [3.8, 4) is 17.1 Å². The second-order valence-corrected chi connectivity index (χ2v) is 6.96. The second kappa shape index (κ2) is 7.42. The SMILES string of the molecule is COc1cnccc1-c1ncnc(Nc2cccc(CS(N)(=O)=O)c2)n1. The molecule has 0 saturated heterocycles. The zero-order valence-corrected chi connectivity index (χ0v) is 14.6. The van der Waals surface area contributed by atoms with Crippen LogP contribution in [0.4, 0.5) is 11.6 Å². The highest BCUT2D eigenvalue weighted by Crippen LogP contribution is 2.26. The van der Waals surface area contributed by atoms with Gasteiger partial charge < -0.3 is 10.1 Å². The molecule has 3 aromatic rings. The molecule has 3 rings (SSSR count). The van der Waals surface area contributed by atoms with Crippen LogP contribution in [0.3, 0.4) is 0 Å². The van der Waals surface area contributed by atoms with E-state index in [2.05, 4.69) is 25.3 Å². The predicted octanol–water partition coefficient (Wildman–Crippen LogP) is 1.47. The molecule has 2 aromatic heterocycles. The zero-order valence-electron chi connectivity index (χ0n) is 13.8. The van der Waals surface area contributed by atoms with Crippen LogP contribution < -0.4 is 15.2 Å². The van der Waals surface area contributed by atoms with Crippen LogP contribution in [-0.4, -0.2) is 35.5 Å². The number of aromatic nitrogens is 4. The highest BCUT2D eigenvalue weighted by molar-refractivity contribution is 7.88. The number of hydrogen-bond acceptors (Lipinski definition) is 8. The molecule has 1 aromatic carbocycles. The molecule has 0 saturated carbocycles. The lowest BCUT2D eigenvalue weighted by atomic mass is 10.2. The molecule has 0 bridgehead atoms. The van der Waals surface area contributed by atoms with E-state index in [0.29, 0.717) is 34.3 Å². The van der Waals surface area contributed by atoms with E-state index in [1.165, 1.54) is 13.4 Å². The fourth-order valence-corrected chi connectivity index (χ4v) is 2.96. The standard InChI is InChI=1S/C16H16N6O3S/c1-25-14-8-18-6-5-13(14)15-19-10-20-16(22-15)21-12-4-2-3-11(7-12)9-26(17,23)24/h2-8,10H,9H2,1H3,(H2,17,23,24)(H,19,20,21,22). The van der Waals surface area contributed by atoms with Crippen molar-refractivity contribution < 1.29 is 13.2 Å². The molecule has 9 nitrogen and oxygen atoms in total. The Kier molecular flexibility index (Phi) is 5.05. The lowest BCUT2D eigenvalue weighted by molar-refractivity contribution is 0.414.